The smallest absolute Gasteiger partial charge is 0.242 e. The van der Waals surface area contributed by atoms with Gasteiger partial charge in [0, 0.05) is 11.6 Å². The minimum Gasteiger partial charge on any atom is -0.320 e. The Hall–Kier alpha value is -1.35. The van der Waals surface area contributed by atoms with Gasteiger partial charge in [-0.25, -0.2) is 13.1 Å². The molecule has 1 aliphatic rings. The van der Waals surface area contributed by atoms with Gasteiger partial charge in [-0.2, -0.15) is 0 Å². The molecule has 0 bridgehead atoms. The molecule has 0 spiro atoms. The van der Waals surface area contributed by atoms with Gasteiger partial charge in [-0.15, -0.1) is 0 Å². The predicted octanol–water partition coefficient (Wildman–Crippen LogP) is 1.77. The van der Waals surface area contributed by atoms with Crippen LogP contribution in [0.4, 0.5) is 0 Å². The average molecular weight is 306 g/mol. The molecule has 4 nitrogen and oxygen atoms in total. The van der Waals surface area contributed by atoms with Crippen LogP contribution in [0.15, 0.2) is 23.1 Å². The van der Waals surface area contributed by atoms with E-state index in [4.69, 9.17) is 5.73 Å². The zero-order valence-corrected chi connectivity index (χ0v) is 13.3. The monoisotopic (exact) mass is 306 g/mol. The summed E-state index contributed by atoms with van der Waals surface area (Å²) in [5.41, 5.74) is 6.87. The van der Waals surface area contributed by atoms with Crippen LogP contribution in [-0.4, -0.2) is 21.0 Å². The van der Waals surface area contributed by atoms with Gasteiger partial charge in [-0.1, -0.05) is 24.8 Å². The topological polar surface area (TPSA) is 72.2 Å². The highest BCUT2D eigenvalue weighted by atomic mass is 32.2. The summed E-state index contributed by atoms with van der Waals surface area (Å²) in [6, 6.07) is 5.23. The molecule has 21 heavy (non-hydrogen) atoms. The van der Waals surface area contributed by atoms with Gasteiger partial charge >= 0.3 is 0 Å². The van der Waals surface area contributed by atoms with E-state index in [0.717, 1.165) is 24.8 Å². The van der Waals surface area contributed by atoms with Crippen molar-refractivity contribution in [3.05, 3.63) is 29.3 Å². The summed E-state index contributed by atoms with van der Waals surface area (Å²) >= 11 is 0. The van der Waals surface area contributed by atoms with Gasteiger partial charge in [0.05, 0.1) is 11.4 Å². The lowest BCUT2D eigenvalue weighted by atomic mass is 10.1. The largest absolute Gasteiger partial charge is 0.320 e. The van der Waals surface area contributed by atoms with Crippen molar-refractivity contribution in [3.63, 3.8) is 0 Å². The first-order valence-electron chi connectivity index (χ1n) is 7.24. The minimum atomic E-state index is -3.54. The Labute approximate surface area is 127 Å². The van der Waals surface area contributed by atoms with E-state index in [1.165, 1.54) is 0 Å². The summed E-state index contributed by atoms with van der Waals surface area (Å²) in [4.78, 5) is 0.244. The normalized spacial score (nSPS) is 21.9. The summed E-state index contributed by atoms with van der Waals surface area (Å²) < 4.78 is 28.0. The van der Waals surface area contributed by atoms with Crippen LogP contribution in [0, 0.1) is 24.7 Å². The van der Waals surface area contributed by atoms with Crippen LogP contribution in [0.3, 0.4) is 0 Å². The summed E-state index contributed by atoms with van der Waals surface area (Å²) in [5.74, 6) is 6.17. The van der Waals surface area contributed by atoms with Crippen LogP contribution < -0.4 is 10.5 Å². The van der Waals surface area contributed by atoms with Crippen LogP contribution in [0.25, 0.3) is 0 Å². The molecule has 3 N–H and O–H groups in total. The highest BCUT2D eigenvalue weighted by molar-refractivity contribution is 7.89. The summed E-state index contributed by atoms with van der Waals surface area (Å²) in [6.45, 7) is 4.27. The fourth-order valence-electron chi connectivity index (χ4n) is 2.72. The molecule has 0 amide bonds. The van der Waals surface area contributed by atoms with Crippen molar-refractivity contribution >= 4 is 10.0 Å². The molecule has 114 valence electrons. The van der Waals surface area contributed by atoms with Gasteiger partial charge in [-0.3, -0.25) is 0 Å². The van der Waals surface area contributed by atoms with Gasteiger partial charge in [0.25, 0.3) is 0 Å². The second-order valence-corrected chi connectivity index (χ2v) is 7.42. The first kappa shape index (κ1) is 16.0. The standard InChI is InChI=1S/C16H22N2O2S/c1-12-6-8-16(14(10-12)4-3-9-17)21(19,20)18-15-7-5-13(2)11-15/h6,8,10,13,15,18H,5,7,9,11,17H2,1-2H3. The van der Waals surface area contributed by atoms with Gasteiger partial charge < -0.3 is 5.73 Å². The maximum atomic E-state index is 12.6. The van der Waals surface area contributed by atoms with Crippen molar-refractivity contribution in [2.45, 2.75) is 44.0 Å². The summed E-state index contributed by atoms with van der Waals surface area (Å²) in [6.07, 6.45) is 2.87. The second-order valence-electron chi connectivity index (χ2n) is 5.74. The van der Waals surface area contributed by atoms with Gasteiger partial charge in [0.15, 0.2) is 0 Å². The Morgan fingerprint density at radius 2 is 2.14 bits per heavy atom. The fourth-order valence-corrected chi connectivity index (χ4v) is 4.15. The first-order chi connectivity index (χ1) is 9.92. The number of hydrogen-bond acceptors (Lipinski definition) is 3. The van der Waals surface area contributed by atoms with Crippen molar-refractivity contribution in [2.24, 2.45) is 11.7 Å². The number of nitrogens with one attached hydrogen (secondary N) is 1. The van der Waals surface area contributed by atoms with E-state index < -0.39 is 10.0 Å². The Bertz CT molecular complexity index is 671. The maximum absolute atomic E-state index is 12.6. The van der Waals surface area contributed by atoms with Crippen LogP contribution in [-0.2, 0) is 10.0 Å². The van der Waals surface area contributed by atoms with Gasteiger partial charge in [0.2, 0.25) is 10.0 Å². The molecular formula is C16H22N2O2S. The lowest BCUT2D eigenvalue weighted by Crippen LogP contribution is -2.33. The van der Waals surface area contributed by atoms with E-state index in [9.17, 15) is 8.42 Å². The summed E-state index contributed by atoms with van der Waals surface area (Å²) in [5, 5.41) is 0. The number of hydrogen-bond donors (Lipinski definition) is 2. The maximum Gasteiger partial charge on any atom is 0.242 e. The molecule has 0 aromatic heterocycles. The molecule has 1 fully saturated rings. The Morgan fingerprint density at radius 1 is 1.38 bits per heavy atom. The average Bonchev–Trinajstić information content (AvgIpc) is 2.80. The van der Waals surface area contributed by atoms with E-state index in [-0.39, 0.29) is 17.5 Å². The Morgan fingerprint density at radius 3 is 2.76 bits per heavy atom. The van der Waals surface area contributed by atoms with Crippen LogP contribution >= 0.6 is 0 Å². The highest BCUT2D eigenvalue weighted by Crippen LogP contribution is 2.26. The van der Waals surface area contributed by atoms with Crippen molar-refractivity contribution in [3.8, 4) is 11.8 Å². The van der Waals surface area contributed by atoms with Crippen LogP contribution in [0.5, 0.6) is 0 Å². The fraction of sp³-hybridized carbons (Fsp3) is 0.500. The van der Waals surface area contributed by atoms with E-state index in [1.54, 1.807) is 18.2 Å². The molecule has 0 aliphatic heterocycles. The van der Waals surface area contributed by atoms with Crippen molar-refractivity contribution in [1.29, 1.82) is 0 Å². The van der Waals surface area contributed by atoms with E-state index in [2.05, 4.69) is 23.5 Å². The third-order valence-corrected chi connectivity index (χ3v) is 5.34. The summed E-state index contributed by atoms with van der Waals surface area (Å²) in [7, 11) is -3.54. The molecule has 2 atom stereocenters. The van der Waals surface area contributed by atoms with Crippen molar-refractivity contribution in [1.82, 2.24) is 4.72 Å². The van der Waals surface area contributed by atoms with Crippen molar-refractivity contribution in [2.75, 3.05) is 6.54 Å². The third kappa shape index (κ3) is 4.07. The molecule has 1 aromatic carbocycles. The molecule has 1 aromatic rings. The SMILES string of the molecule is Cc1ccc(S(=O)(=O)NC2CCC(C)C2)c(C#CCN)c1. The Kier molecular flexibility index (Phi) is 5.04. The van der Waals surface area contributed by atoms with Crippen molar-refractivity contribution < 1.29 is 8.42 Å². The van der Waals surface area contributed by atoms with Gasteiger partial charge in [-0.05, 0) is 49.8 Å². The zero-order chi connectivity index (χ0) is 15.5. The quantitative estimate of drug-likeness (QED) is 0.836. The highest BCUT2D eigenvalue weighted by Gasteiger charge is 2.27. The molecular weight excluding hydrogens is 284 g/mol. The van der Waals surface area contributed by atoms with Gasteiger partial charge in [0.1, 0.15) is 0 Å². The molecule has 2 rings (SSSR count). The zero-order valence-electron chi connectivity index (χ0n) is 12.5. The van der Waals surface area contributed by atoms with Crippen LogP contribution in [0.2, 0.25) is 0 Å². The number of aryl methyl sites for hydroxylation is 1. The van der Waals surface area contributed by atoms with Crippen LogP contribution in [0.1, 0.15) is 37.3 Å². The predicted molar refractivity (Wildman–Crippen MR) is 84.2 cm³/mol. The molecule has 1 saturated carbocycles. The Balaban J connectivity index is 2.31. The molecule has 0 saturated heterocycles. The van der Waals surface area contributed by atoms with E-state index in [1.807, 2.05) is 6.92 Å². The number of rotatable bonds is 3. The second kappa shape index (κ2) is 6.61. The number of sulfonamides is 1. The lowest BCUT2D eigenvalue weighted by molar-refractivity contribution is 0.538. The molecule has 0 radical (unpaired) electrons. The number of nitrogens with two attached hydrogens (primary N) is 1. The molecule has 0 heterocycles. The first-order valence-corrected chi connectivity index (χ1v) is 8.72. The lowest BCUT2D eigenvalue weighted by Gasteiger charge is -2.14. The number of benzene rings is 1. The molecule has 2 unspecified atom stereocenters. The molecule has 5 heteroatoms. The molecule has 1 aliphatic carbocycles. The third-order valence-electron chi connectivity index (χ3n) is 3.77. The van der Waals surface area contributed by atoms with E-state index in [0.29, 0.717) is 11.5 Å². The van der Waals surface area contributed by atoms with E-state index >= 15 is 0 Å². The minimum absolute atomic E-state index is 0.0293.